The summed E-state index contributed by atoms with van der Waals surface area (Å²) < 4.78 is 13.2. The molecule has 0 atom stereocenters. The molecule has 0 saturated carbocycles. The highest BCUT2D eigenvalue weighted by Crippen LogP contribution is 2.21. The molecular formula is C11H16FNO. The molecule has 1 aromatic rings. The Hall–Kier alpha value is -1.09. The second kappa shape index (κ2) is 4.96. The number of aromatic hydroxyl groups is 1. The van der Waals surface area contributed by atoms with Crippen molar-refractivity contribution >= 4 is 0 Å². The summed E-state index contributed by atoms with van der Waals surface area (Å²) >= 11 is 0. The average Bonchev–Trinajstić information content (AvgIpc) is 2.09. The predicted molar refractivity (Wildman–Crippen MR) is 54.9 cm³/mol. The van der Waals surface area contributed by atoms with Crippen molar-refractivity contribution in [3.05, 3.63) is 29.6 Å². The number of rotatable bonds is 4. The average molecular weight is 197 g/mol. The zero-order valence-electron chi connectivity index (χ0n) is 8.63. The van der Waals surface area contributed by atoms with Crippen molar-refractivity contribution < 1.29 is 9.50 Å². The van der Waals surface area contributed by atoms with Crippen LogP contribution in [0.15, 0.2) is 18.2 Å². The van der Waals surface area contributed by atoms with Gasteiger partial charge in [-0.25, -0.2) is 4.39 Å². The van der Waals surface area contributed by atoms with Crippen LogP contribution in [0.25, 0.3) is 0 Å². The summed E-state index contributed by atoms with van der Waals surface area (Å²) in [6.45, 7) is 0.897. The van der Waals surface area contributed by atoms with E-state index in [9.17, 15) is 9.50 Å². The number of hydrogen-bond donors (Lipinski definition) is 1. The van der Waals surface area contributed by atoms with Crippen molar-refractivity contribution in [1.29, 1.82) is 0 Å². The predicted octanol–water partition coefficient (Wildman–Crippen LogP) is 2.03. The van der Waals surface area contributed by atoms with Gasteiger partial charge in [0.25, 0.3) is 0 Å². The van der Waals surface area contributed by atoms with Crippen LogP contribution in [0.1, 0.15) is 12.0 Å². The van der Waals surface area contributed by atoms with Crippen LogP contribution in [0.5, 0.6) is 5.75 Å². The Morgan fingerprint density at radius 2 is 2.07 bits per heavy atom. The van der Waals surface area contributed by atoms with Crippen molar-refractivity contribution in [1.82, 2.24) is 4.90 Å². The number of halogens is 1. The zero-order chi connectivity index (χ0) is 10.6. The quantitative estimate of drug-likeness (QED) is 0.798. The van der Waals surface area contributed by atoms with Gasteiger partial charge in [-0.1, -0.05) is 6.07 Å². The van der Waals surface area contributed by atoms with E-state index in [4.69, 9.17) is 0 Å². The van der Waals surface area contributed by atoms with E-state index in [1.54, 1.807) is 0 Å². The van der Waals surface area contributed by atoms with Gasteiger partial charge in [0.05, 0.1) is 0 Å². The van der Waals surface area contributed by atoms with Crippen molar-refractivity contribution in [2.45, 2.75) is 12.8 Å². The summed E-state index contributed by atoms with van der Waals surface area (Å²) in [4.78, 5) is 2.04. The summed E-state index contributed by atoms with van der Waals surface area (Å²) in [5.41, 5.74) is 0.425. The monoisotopic (exact) mass is 197 g/mol. The maximum Gasteiger partial charge on any atom is 0.130 e. The fourth-order valence-electron chi connectivity index (χ4n) is 1.37. The van der Waals surface area contributed by atoms with Gasteiger partial charge >= 0.3 is 0 Å². The molecule has 3 heteroatoms. The Bertz CT molecular complexity index is 279. The van der Waals surface area contributed by atoms with Crippen LogP contribution in [-0.4, -0.2) is 30.6 Å². The van der Waals surface area contributed by atoms with Gasteiger partial charge in [-0.05, 0) is 45.6 Å². The normalized spacial score (nSPS) is 10.9. The summed E-state index contributed by atoms with van der Waals surface area (Å²) in [7, 11) is 3.95. The van der Waals surface area contributed by atoms with Gasteiger partial charge in [0.1, 0.15) is 11.6 Å². The molecule has 2 nitrogen and oxygen atoms in total. The molecule has 1 N–H and O–H groups in total. The lowest BCUT2D eigenvalue weighted by molar-refractivity contribution is 0.395. The van der Waals surface area contributed by atoms with Crippen LogP contribution in [0.4, 0.5) is 4.39 Å². The Labute approximate surface area is 84.0 Å². The van der Waals surface area contributed by atoms with E-state index < -0.39 is 0 Å². The SMILES string of the molecule is CN(C)CCCc1c(O)cccc1F. The van der Waals surface area contributed by atoms with Crippen LogP contribution in [0, 0.1) is 5.82 Å². The van der Waals surface area contributed by atoms with E-state index in [0.717, 1.165) is 13.0 Å². The van der Waals surface area contributed by atoms with Crippen LogP contribution in [0.2, 0.25) is 0 Å². The molecule has 0 amide bonds. The lowest BCUT2D eigenvalue weighted by atomic mass is 10.1. The molecule has 0 bridgehead atoms. The molecule has 14 heavy (non-hydrogen) atoms. The summed E-state index contributed by atoms with van der Waals surface area (Å²) in [5.74, 6) is -0.257. The van der Waals surface area contributed by atoms with E-state index in [-0.39, 0.29) is 11.6 Å². The van der Waals surface area contributed by atoms with E-state index in [0.29, 0.717) is 12.0 Å². The number of hydrogen-bond acceptors (Lipinski definition) is 2. The third kappa shape index (κ3) is 3.00. The summed E-state index contributed by atoms with van der Waals surface area (Å²) in [6, 6.07) is 4.42. The fourth-order valence-corrected chi connectivity index (χ4v) is 1.37. The first-order valence-corrected chi connectivity index (χ1v) is 4.72. The molecule has 0 aliphatic heterocycles. The van der Waals surface area contributed by atoms with Crippen LogP contribution >= 0.6 is 0 Å². The lowest BCUT2D eigenvalue weighted by Gasteiger charge is -2.10. The van der Waals surface area contributed by atoms with E-state index in [1.807, 2.05) is 19.0 Å². The molecule has 0 aliphatic carbocycles. The van der Waals surface area contributed by atoms with Gasteiger partial charge in [-0.2, -0.15) is 0 Å². The minimum atomic E-state index is -0.316. The first-order valence-electron chi connectivity index (χ1n) is 4.72. The second-order valence-electron chi connectivity index (χ2n) is 3.64. The summed E-state index contributed by atoms with van der Waals surface area (Å²) in [6.07, 6.45) is 1.43. The van der Waals surface area contributed by atoms with Crippen molar-refractivity contribution in [3.8, 4) is 5.75 Å². The highest BCUT2D eigenvalue weighted by molar-refractivity contribution is 5.33. The van der Waals surface area contributed by atoms with E-state index >= 15 is 0 Å². The maximum absolute atomic E-state index is 13.2. The molecule has 0 aromatic heterocycles. The minimum absolute atomic E-state index is 0.0590. The highest BCUT2D eigenvalue weighted by atomic mass is 19.1. The number of benzene rings is 1. The largest absolute Gasteiger partial charge is 0.508 e. The molecule has 1 rings (SSSR count). The Morgan fingerprint density at radius 3 is 2.64 bits per heavy atom. The third-order valence-electron chi connectivity index (χ3n) is 2.13. The van der Waals surface area contributed by atoms with Crippen molar-refractivity contribution in [2.75, 3.05) is 20.6 Å². The summed E-state index contributed by atoms with van der Waals surface area (Å²) in [5, 5.41) is 9.40. The smallest absolute Gasteiger partial charge is 0.130 e. The molecule has 1 aromatic carbocycles. The Balaban J connectivity index is 2.58. The first kappa shape index (κ1) is 11.0. The molecule has 78 valence electrons. The number of phenolic OH excluding ortho intramolecular Hbond substituents is 1. The van der Waals surface area contributed by atoms with E-state index in [2.05, 4.69) is 0 Å². The van der Waals surface area contributed by atoms with Gasteiger partial charge in [0, 0.05) is 5.56 Å². The zero-order valence-corrected chi connectivity index (χ0v) is 8.63. The second-order valence-corrected chi connectivity index (χ2v) is 3.64. The molecule has 0 radical (unpaired) electrons. The van der Waals surface area contributed by atoms with Gasteiger partial charge in [0.2, 0.25) is 0 Å². The first-order chi connectivity index (χ1) is 6.61. The third-order valence-corrected chi connectivity index (χ3v) is 2.13. The fraction of sp³-hybridized carbons (Fsp3) is 0.455. The molecule has 0 unspecified atom stereocenters. The molecule has 0 heterocycles. The number of phenols is 1. The van der Waals surface area contributed by atoms with Gasteiger partial charge in [-0.15, -0.1) is 0 Å². The van der Waals surface area contributed by atoms with E-state index in [1.165, 1.54) is 18.2 Å². The van der Waals surface area contributed by atoms with Crippen molar-refractivity contribution in [3.63, 3.8) is 0 Å². The van der Waals surface area contributed by atoms with Gasteiger partial charge in [-0.3, -0.25) is 0 Å². The lowest BCUT2D eigenvalue weighted by Crippen LogP contribution is -2.13. The minimum Gasteiger partial charge on any atom is -0.508 e. The maximum atomic E-state index is 13.2. The Morgan fingerprint density at radius 1 is 1.36 bits per heavy atom. The topological polar surface area (TPSA) is 23.5 Å². The van der Waals surface area contributed by atoms with Crippen LogP contribution in [-0.2, 0) is 6.42 Å². The molecule has 0 spiro atoms. The molecule has 0 saturated heterocycles. The molecule has 0 aliphatic rings. The highest BCUT2D eigenvalue weighted by Gasteiger charge is 2.06. The van der Waals surface area contributed by atoms with Crippen LogP contribution in [0.3, 0.4) is 0 Å². The van der Waals surface area contributed by atoms with Crippen LogP contribution < -0.4 is 0 Å². The van der Waals surface area contributed by atoms with Gasteiger partial charge in [0.15, 0.2) is 0 Å². The van der Waals surface area contributed by atoms with Gasteiger partial charge < -0.3 is 10.0 Å². The van der Waals surface area contributed by atoms with Crippen molar-refractivity contribution in [2.24, 2.45) is 0 Å². The Kier molecular flexibility index (Phi) is 3.89. The number of nitrogens with zero attached hydrogens (tertiary/aromatic N) is 1. The molecular weight excluding hydrogens is 181 g/mol. The molecule has 0 fully saturated rings. The standard InChI is InChI=1S/C11H16FNO/c1-13(2)8-4-5-9-10(12)6-3-7-11(9)14/h3,6-7,14H,4-5,8H2,1-2H3.